The minimum atomic E-state index is 0.120. The third-order valence-electron chi connectivity index (χ3n) is 5.47. The van der Waals surface area contributed by atoms with E-state index in [1.54, 1.807) is 14.2 Å². The minimum Gasteiger partial charge on any atom is -0.493 e. The zero-order chi connectivity index (χ0) is 17.4. The van der Waals surface area contributed by atoms with E-state index in [1.165, 1.54) is 16.7 Å². The number of hydrogen-bond donors (Lipinski definition) is 0. The first-order valence-electron chi connectivity index (χ1n) is 8.78. The molecule has 2 atom stereocenters. The van der Waals surface area contributed by atoms with Gasteiger partial charge in [0.1, 0.15) is 5.78 Å². The van der Waals surface area contributed by atoms with E-state index < -0.39 is 0 Å². The van der Waals surface area contributed by atoms with Gasteiger partial charge in [0.15, 0.2) is 11.5 Å². The fourth-order valence-corrected chi connectivity index (χ4v) is 4.26. The van der Waals surface area contributed by atoms with Crippen molar-refractivity contribution in [2.75, 3.05) is 20.8 Å². The number of ketones is 1. The van der Waals surface area contributed by atoms with Crippen LogP contribution in [0.2, 0.25) is 0 Å². The maximum Gasteiger partial charge on any atom is 0.161 e. The van der Waals surface area contributed by atoms with Crippen LogP contribution in [0.25, 0.3) is 0 Å². The second kappa shape index (κ2) is 6.52. The molecule has 25 heavy (non-hydrogen) atoms. The minimum absolute atomic E-state index is 0.120. The largest absolute Gasteiger partial charge is 0.493 e. The molecule has 4 heteroatoms. The molecule has 2 aliphatic heterocycles. The van der Waals surface area contributed by atoms with Gasteiger partial charge in [-0.2, -0.15) is 0 Å². The first-order valence-corrected chi connectivity index (χ1v) is 8.78. The van der Waals surface area contributed by atoms with Gasteiger partial charge in [-0.05, 0) is 35.2 Å². The summed E-state index contributed by atoms with van der Waals surface area (Å²) in [7, 11) is 3.32. The zero-order valence-electron chi connectivity index (χ0n) is 14.7. The smallest absolute Gasteiger partial charge is 0.161 e. The van der Waals surface area contributed by atoms with Crippen LogP contribution in [0, 0.1) is 0 Å². The first-order chi connectivity index (χ1) is 12.2. The summed E-state index contributed by atoms with van der Waals surface area (Å²) in [5, 5.41) is 0. The van der Waals surface area contributed by atoms with Gasteiger partial charge in [0.25, 0.3) is 0 Å². The van der Waals surface area contributed by atoms with Crippen LogP contribution in [0.4, 0.5) is 0 Å². The molecule has 4 rings (SSSR count). The number of ether oxygens (including phenoxy) is 2. The fraction of sp³-hybridized carbons (Fsp3) is 0.381. The van der Waals surface area contributed by atoms with Crippen molar-refractivity contribution in [1.82, 2.24) is 4.90 Å². The maximum absolute atomic E-state index is 12.5. The first kappa shape index (κ1) is 16.2. The Hall–Kier alpha value is -2.33. The van der Waals surface area contributed by atoms with Gasteiger partial charge in [0, 0.05) is 31.5 Å². The van der Waals surface area contributed by atoms with E-state index in [0.29, 0.717) is 18.6 Å². The number of piperidine rings is 1. The number of Topliss-reactive ketones (excluding diaryl/α,β-unsaturated/α-hetero) is 1. The van der Waals surface area contributed by atoms with Gasteiger partial charge in [0.2, 0.25) is 0 Å². The number of carbonyl (C=O) groups excluding carboxylic acids is 1. The molecule has 130 valence electrons. The van der Waals surface area contributed by atoms with Crippen molar-refractivity contribution >= 4 is 5.78 Å². The van der Waals surface area contributed by atoms with Gasteiger partial charge in [-0.25, -0.2) is 0 Å². The van der Waals surface area contributed by atoms with Crippen molar-refractivity contribution in [3.63, 3.8) is 0 Å². The predicted molar refractivity (Wildman–Crippen MR) is 96.1 cm³/mol. The van der Waals surface area contributed by atoms with E-state index in [9.17, 15) is 4.79 Å². The molecular weight excluding hydrogens is 314 g/mol. The predicted octanol–water partition coefficient (Wildman–Crippen LogP) is 3.71. The van der Waals surface area contributed by atoms with Crippen molar-refractivity contribution in [2.24, 2.45) is 0 Å². The lowest BCUT2D eigenvalue weighted by Gasteiger charge is -2.45. The SMILES string of the molecule is COc1cc2c(cc1OC)C1CC(=O)C[C@H](c3ccccc3)N1CC2. The second-order valence-corrected chi connectivity index (χ2v) is 6.78. The molecule has 2 aromatic rings. The Balaban J connectivity index is 1.75. The average molecular weight is 337 g/mol. The molecule has 0 saturated carbocycles. The number of hydrogen-bond acceptors (Lipinski definition) is 4. The monoisotopic (exact) mass is 337 g/mol. The topological polar surface area (TPSA) is 38.8 Å². The lowest BCUT2D eigenvalue weighted by molar-refractivity contribution is -0.126. The van der Waals surface area contributed by atoms with Crippen LogP contribution in [0.15, 0.2) is 42.5 Å². The van der Waals surface area contributed by atoms with Gasteiger partial charge in [-0.3, -0.25) is 9.69 Å². The van der Waals surface area contributed by atoms with Crippen LogP contribution < -0.4 is 9.47 Å². The summed E-state index contributed by atoms with van der Waals surface area (Å²) in [6, 6.07) is 14.8. The normalized spacial score (nSPS) is 22.9. The Morgan fingerprint density at radius 3 is 2.36 bits per heavy atom. The average Bonchev–Trinajstić information content (AvgIpc) is 2.66. The molecule has 2 heterocycles. The highest BCUT2D eigenvalue weighted by Crippen LogP contribution is 2.46. The Kier molecular flexibility index (Phi) is 4.22. The summed E-state index contributed by atoms with van der Waals surface area (Å²) in [5.74, 6) is 1.83. The number of rotatable bonds is 3. The molecule has 4 nitrogen and oxygen atoms in total. The highest BCUT2D eigenvalue weighted by Gasteiger charge is 2.39. The van der Waals surface area contributed by atoms with Gasteiger partial charge in [-0.15, -0.1) is 0 Å². The van der Waals surface area contributed by atoms with E-state index >= 15 is 0 Å². The van der Waals surface area contributed by atoms with E-state index in [1.807, 2.05) is 6.07 Å². The van der Waals surface area contributed by atoms with Gasteiger partial charge >= 0.3 is 0 Å². The summed E-state index contributed by atoms with van der Waals surface area (Å²) in [6.45, 7) is 0.958. The summed E-state index contributed by atoms with van der Waals surface area (Å²) < 4.78 is 10.9. The Labute approximate surface area is 148 Å². The molecule has 1 unspecified atom stereocenters. The van der Waals surface area contributed by atoms with Crippen molar-refractivity contribution in [3.05, 3.63) is 59.2 Å². The number of methoxy groups -OCH3 is 2. The number of benzene rings is 2. The zero-order valence-corrected chi connectivity index (χ0v) is 14.7. The maximum atomic E-state index is 12.5. The molecule has 1 saturated heterocycles. The third kappa shape index (κ3) is 2.81. The van der Waals surface area contributed by atoms with Crippen molar-refractivity contribution in [3.8, 4) is 11.5 Å². The summed E-state index contributed by atoms with van der Waals surface area (Å²) >= 11 is 0. The molecule has 0 aromatic heterocycles. The molecule has 0 spiro atoms. The Morgan fingerprint density at radius 1 is 0.960 bits per heavy atom. The number of nitrogens with zero attached hydrogens (tertiary/aromatic N) is 1. The van der Waals surface area contributed by atoms with E-state index in [2.05, 4.69) is 41.3 Å². The van der Waals surface area contributed by atoms with E-state index in [0.717, 1.165) is 24.5 Å². The number of fused-ring (bicyclic) bond motifs is 3. The lowest BCUT2D eigenvalue weighted by atomic mass is 9.81. The standard InChI is InChI=1S/C21H23NO3/c1-24-20-10-15-8-9-22-18(14-6-4-3-5-7-14)11-16(23)12-19(22)17(15)13-21(20)25-2/h3-7,10,13,18-19H,8-9,11-12H2,1-2H3/t18-,19?/m1/s1. The third-order valence-corrected chi connectivity index (χ3v) is 5.47. The molecule has 2 aliphatic rings. The molecule has 0 aliphatic carbocycles. The molecule has 2 aromatic carbocycles. The highest BCUT2D eigenvalue weighted by molar-refractivity contribution is 5.81. The molecule has 0 radical (unpaired) electrons. The molecule has 1 fully saturated rings. The van der Waals surface area contributed by atoms with Gasteiger partial charge < -0.3 is 9.47 Å². The second-order valence-electron chi connectivity index (χ2n) is 6.78. The highest BCUT2D eigenvalue weighted by atomic mass is 16.5. The van der Waals surface area contributed by atoms with Crippen LogP contribution in [0.1, 0.15) is 41.6 Å². The van der Waals surface area contributed by atoms with E-state index in [4.69, 9.17) is 9.47 Å². The molecule has 0 N–H and O–H groups in total. The van der Waals surface area contributed by atoms with Gasteiger partial charge in [-0.1, -0.05) is 30.3 Å². The van der Waals surface area contributed by atoms with Gasteiger partial charge in [0.05, 0.1) is 14.2 Å². The van der Waals surface area contributed by atoms with Crippen LogP contribution in [-0.4, -0.2) is 31.4 Å². The van der Waals surface area contributed by atoms with E-state index in [-0.39, 0.29) is 12.1 Å². The fourth-order valence-electron chi connectivity index (χ4n) is 4.26. The number of carbonyl (C=O) groups is 1. The summed E-state index contributed by atoms with van der Waals surface area (Å²) in [4.78, 5) is 15.0. The quantitative estimate of drug-likeness (QED) is 0.856. The lowest BCUT2D eigenvalue weighted by Crippen LogP contribution is -2.43. The van der Waals surface area contributed by atoms with Crippen LogP contribution in [0.5, 0.6) is 11.5 Å². The van der Waals surface area contributed by atoms with Crippen molar-refractivity contribution < 1.29 is 14.3 Å². The van der Waals surface area contributed by atoms with Crippen molar-refractivity contribution in [2.45, 2.75) is 31.3 Å². The molecular formula is C21H23NO3. The van der Waals surface area contributed by atoms with Crippen molar-refractivity contribution in [1.29, 1.82) is 0 Å². The molecule has 0 amide bonds. The van der Waals surface area contributed by atoms with Crippen LogP contribution in [-0.2, 0) is 11.2 Å². The summed E-state index contributed by atoms with van der Waals surface area (Å²) in [5.41, 5.74) is 3.70. The Morgan fingerprint density at radius 2 is 1.64 bits per heavy atom. The summed E-state index contributed by atoms with van der Waals surface area (Å²) in [6.07, 6.45) is 2.14. The Bertz CT molecular complexity index is 787. The molecule has 0 bridgehead atoms. The van der Waals surface area contributed by atoms with Crippen LogP contribution in [0.3, 0.4) is 0 Å². The van der Waals surface area contributed by atoms with Crippen LogP contribution >= 0.6 is 0 Å².